The summed E-state index contributed by atoms with van der Waals surface area (Å²) in [7, 11) is 0. The minimum Gasteiger partial charge on any atom is -0.485 e. The van der Waals surface area contributed by atoms with E-state index in [-0.39, 0.29) is 36.7 Å². The van der Waals surface area contributed by atoms with Gasteiger partial charge in [-0.25, -0.2) is 4.39 Å². The molecule has 2 saturated heterocycles. The Hall–Kier alpha value is -2.55. The second-order valence-corrected chi connectivity index (χ2v) is 11.2. The van der Waals surface area contributed by atoms with Crippen LogP contribution >= 0.6 is 22.9 Å². The first-order valence-corrected chi connectivity index (χ1v) is 13.1. The topological polar surface area (TPSA) is 71.5 Å². The van der Waals surface area contributed by atoms with Crippen LogP contribution < -0.4 is 10.1 Å². The van der Waals surface area contributed by atoms with Crippen LogP contribution in [0.2, 0.25) is 5.02 Å². The number of imide groups is 1. The molecule has 4 heterocycles. The minimum absolute atomic E-state index is 0.0461. The number of alkyl halides is 1. The van der Waals surface area contributed by atoms with Gasteiger partial charge in [0.2, 0.25) is 11.8 Å². The van der Waals surface area contributed by atoms with E-state index in [0.29, 0.717) is 17.3 Å². The van der Waals surface area contributed by atoms with Crippen LogP contribution in [0.4, 0.5) is 4.39 Å². The number of halogens is 2. The van der Waals surface area contributed by atoms with Crippen LogP contribution in [0.5, 0.6) is 5.75 Å². The number of benzene rings is 1. The summed E-state index contributed by atoms with van der Waals surface area (Å²) in [5.74, 6) is 0.213. The normalized spacial score (nSPS) is 26.2. The zero-order valence-corrected chi connectivity index (χ0v) is 20.8. The van der Waals surface area contributed by atoms with E-state index >= 15 is 0 Å². The second kappa shape index (κ2) is 8.84. The SMILES string of the molecule is Cc1cc(Cl)cc(-c2ccnc3cc(CN4C(=O)C5CCCC5C4=O)sc23)c1O[C@@H]1CNC[C@@H]1F. The average molecular weight is 514 g/mol. The summed E-state index contributed by atoms with van der Waals surface area (Å²) < 4.78 is 21.4. The zero-order chi connectivity index (χ0) is 24.3. The zero-order valence-electron chi connectivity index (χ0n) is 19.2. The number of nitrogens with one attached hydrogen (secondary N) is 1. The van der Waals surface area contributed by atoms with Gasteiger partial charge in [0.25, 0.3) is 0 Å². The summed E-state index contributed by atoms with van der Waals surface area (Å²) in [6.07, 6.45) is 2.61. The summed E-state index contributed by atoms with van der Waals surface area (Å²) in [6, 6.07) is 7.49. The summed E-state index contributed by atoms with van der Waals surface area (Å²) in [4.78, 5) is 32.5. The van der Waals surface area contributed by atoms with Gasteiger partial charge in [-0.3, -0.25) is 19.5 Å². The Labute approximate surface area is 211 Å². The van der Waals surface area contributed by atoms with Crippen molar-refractivity contribution in [2.24, 2.45) is 11.8 Å². The van der Waals surface area contributed by atoms with Crippen LogP contribution in [-0.4, -0.2) is 47.1 Å². The number of ether oxygens (including phenoxy) is 1. The van der Waals surface area contributed by atoms with E-state index < -0.39 is 12.3 Å². The Morgan fingerprint density at radius 2 is 1.94 bits per heavy atom. The molecule has 2 unspecified atom stereocenters. The number of pyridine rings is 1. The number of fused-ring (bicyclic) bond motifs is 2. The highest BCUT2D eigenvalue weighted by Gasteiger charge is 2.49. The lowest BCUT2D eigenvalue weighted by Crippen LogP contribution is -2.30. The van der Waals surface area contributed by atoms with E-state index in [0.717, 1.165) is 51.0 Å². The summed E-state index contributed by atoms with van der Waals surface area (Å²) in [5, 5.41) is 3.59. The van der Waals surface area contributed by atoms with Crippen molar-refractivity contribution in [2.45, 2.75) is 45.0 Å². The molecule has 0 radical (unpaired) electrons. The standard InChI is InChI=1S/C26H25ClFN3O3S/c1-13-7-14(27)8-19(23(13)34-22-11-29-10-20(22)28)16-5-6-30-21-9-15(35-24(16)21)12-31-25(32)17-3-2-4-18(17)26(31)33/h5-9,17-18,20,22,29H,2-4,10-12H2,1H3/t17?,18?,20-,22+/m0/s1. The molecule has 182 valence electrons. The molecular weight excluding hydrogens is 489 g/mol. The van der Waals surface area contributed by atoms with Gasteiger partial charge >= 0.3 is 0 Å². The highest BCUT2D eigenvalue weighted by Crippen LogP contribution is 2.44. The third-order valence-electron chi connectivity index (χ3n) is 7.35. The van der Waals surface area contributed by atoms with Gasteiger partial charge in [0.1, 0.15) is 11.9 Å². The number of carbonyl (C=O) groups excluding carboxylic acids is 2. The Bertz CT molecular complexity index is 1320. The lowest BCUT2D eigenvalue weighted by molar-refractivity contribution is -0.140. The van der Waals surface area contributed by atoms with Crippen molar-refractivity contribution in [1.82, 2.24) is 15.2 Å². The molecule has 1 N–H and O–H groups in total. The van der Waals surface area contributed by atoms with Crippen molar-refractivity contribution in [2.75, 3.05) is 13.1 Å². The van der Waals surface area contributed by atoms with E-state index in [1.807, 2.05) is 31.2 Å². The van der Waals surface area contributed by atoms with Gasteiger partial charge in [-0.05, 0) is 49.6 Å². The monoisotopic (exact) mass is 513 g/mol. The molecule has 35 heavy (non-hydrogen) atoms. The van der Waals surface area contributed by atoms with E-state index in [1.54, 1.807) is 6.20 Å². The predicted octanol–water partition coefficient (Wildman–Crippen LogP) is 4.90. The maximum atomic E-state index is 14.3. The van der Waals surface area contributed by atoms with E-state index in [2.05, 4.69) is 10.3 Å². The quantitative estimate of drug-likeness (QED) is 0.491. The van der Waals surface area contributed by atoms with Gasteiger partial charge in [0.15, 0.2) is 6.17 Å². The van der Waals surface area contributed by atoms with Gasteiger partial charge in [-0.1, -0.05) is 18.0 Å². The van der Waals surface area contributed by atoms with Crippen molar-refractivity contribution in [3.63, 3.8) is 0 Å². The molecule has 2 amide bonds. The van der Waals surface area contributed by atoms with Crippen LogP contribution in [-0.2, 0) is 16.1 Å². The smallest absolute Gasteiger partial charge is 0.233 e. The number of hydrogen-bond donors (Lipinski definition) is 1. The maximum absolute atomic E-state index is 14.3. The number of aryl methyl sites for hydroxylation is 1. The third-order valence-corrected chi connectivity index (χ3v) is 8.71. The van der Waals surface area contributed by atoms with Crippen molar-refractivity contribution in [3.05, 3.63) is 45.9 Å². The molecule has 2 aromatic heterocycles. The Kier molecular flexibility index (Phi) is 5.78. The van der Waals surface area contributed by atoms with Gasteiger partial charge in [-0.15, -0.1) is 11.3 Å². The summed E-state index contributed by atoms with van der Waals surface area (Å²) in [6.45, 7) is 2.88. The molecule has 2 aliphatic heterocycles. The fourth-order valence-corrected chi connectivity index (χ4v) is 7.03. The largest absolute Gasteiger partial charge is 0.485 e. The Morgan fingerprint density at radius 3 is 2.66 bits per heavy atom. The highest BCUT2D eigenvalue weighted by molar-refractivity contribution is 7.19. The minimum atomic E-state index is -1.08. The lowest BCUT2D eigenvalue weighted by atomic mass is 10.00. The number of amides is 2. The first kappa shape index (κ1) is 22.9. The van der Waals surface area contributed by atoms with Crippen molar-refractivity contribution in [3.8, 4) is 16.9 Å². The van der Waals surface area contributed by atoms with Crippen LogP contribution in [0, 0.1) is 18.8 Å². The third kappa shape index (κ3) is 3.92. The number of nitrogens with zero attached hydrogens (tertiary/aromatic N) is 2. The van der Waals surface area contributed by atoms with E-state index in [4.69, 9.17) is 16.3 Å². The summed E-state index contributed by atoms with van der Waals surface area (Å²) in [5.41, 5.74) is 3.26. The maximum Gasteiger partial charge on any atom is 0.233 e. The fourth-order valence-electron chi connectivity index (χ4n) is 5.63. The van der Waals surface area contributed by atoms with Crippen LogP contribution in [0.15, 0.2) is 30.5 Å². The predicted molar refractivity (Wildman–Crippen MR) is 133 cm³/mol. The Morgan fingerprint density at radius 1 is 1.17 bits per heavy atom. The number of carbonyl (C=O) groups is 2. The van der Waals surface area contributed by atoms with Gasteiger partial charge in [-0.2, -0.15) is 0 Å². The van der Waals surface area contributed by atoms with Crippen LogP contribution in [0.25, 0.3) is 21.3 Å². The van der Waals surface area contributed by atoms with Crippen LogP contribution in [0.1, 0.15) is 29.7 Å². The van der Waals surface area contributed by atoms with Gasteiger partial charge < -0.3 is 10.1 Å². The molecule has 3 aromatic rings. The number of thiophene rings is 1. The first-order chi connectivity index (χ1) is 16.9. The first-order valence-electron chi connectivity index (χ1n) is 12.0. The van der Waals surface area contributed by atoms with E-state index in [9.17, 15) is 14.0 Å². The second-order valence-electron chi connectivity index (χ2n) is 9.62. The molecule has 9 heteroatoms. The molecule has 3 fully saturated rings. The van der Waals surface area contributed by atoms with E-state index in [1.165, 1.54) is 16.2 Å². The van der Waals surface area contributed by atoms with Gasteiger partial charge in [0.05, 0.1) is 28.6 Å². The molecule has 0 bridgehead atoms. The molecule has 6 rings (SSSR count). The average Bonchev–Trinajstić information content (AvgIpc) is 3.60. The van der Waals surface area contributed by atoms with Crippen LogP contribution in [0.3, 0.4) is 0 Å². The molecule has 4 atom stereocenters. The number of hydrogen-bond acceptors (Lipinski definition) is 6. The number of rotatable bonds is 5. The molecule has 1 aromatic carbocycles. The molecule has 0 spiro atoms. The molecule has 3 aliphatic rings. The fraction of sp³-hybridized carbons (Fsp3) is 0.423. The molecule has 6 nitrogen and oxygen atoms in total. The number of likely N-dealkylation sites (tertiary alicyclic amines) is 1. The lowest BCUT2D eigenvalue weighted by Gasteiger charge is -2.20. The molecule has 1 aliphatic carbocycles. The highest BCUT2D eigenvalue weighted by atomic mass is 35.5. The summed E-state index contributed by atoms with van der Waals surface area (Å²) >= 11 is 7.94. The van der Waals surface area contributed by atoms with Crippen molar-refractivity contribution >= 4 is 45.0 Å². The Balaban J connectivity index is 1.37. The van der Waals surface area contributed by atoms with Gasteiger partial charge in [0, 0.05) is 40.3 Å². The van der Waals surface area contributed by atoms with Crippen molar-refractivity contribution in [1.29, 1.82) is 0 Å². The number of aromatic nitrogens is 1. The van der Waals surface area contributed by atoms with Crippen molar-refractivity contribution < 1.29 is 18.7 Å². The molecular formula is C26H25ClFN3O3S. The molecule has 1 saturated carbocycles.